The third-order valence-corrected chi connectivity index (χ3v) is 7.55. The first-order valence-corrected chi connectivity index (χ1v) is 16.1. The van der Waals surface area contributed by atoms with Crippen molar-refractivity contribution in [3.05, 3.63) is 17.1 Å². The minimum Gasteiger partial charge on any atom is -1.00 e. The molecule has 1 saturated heterocycles. The fraction of sp³-hybridized carbons (Fsp3) is 0.867. The Labute approximate surface area is 255 Å². The molecule has 2 unspecified atom stereocenters. The number of thiazole rings is 1. The molecular formula is C30H57IN2O4S. The lowest BCUT2D eigenvalue weighted by Gasteiger charge is -2.22. The molecule has 6 nitrogen and oxygen atoms in total. The second-order valence-corrected chi connectivity index (χ2v) is 10.9. The van der Waals surface area contributed by atoms with Gasteiger partial charge in [0.1, 0.15) is 12.6 Å². The third-order valence-electron chi connectivity index (χ3n) is 6.88. The number of aryl methyl sites for hydroxylation is 1. The number of unbranched alkanes of at least 4 members (excludes halogenated alkanes) is 13. The Balaban J connectivity index is 0.000000750. The maximum Gasteiger partial charge on any atom is 0.407 e. The Morgan fingerprint density at radius 2 is 1.61 bits per heavy atom. The van der Waals surface area contributed by atoms with E-state index < -0.39 is 0 Å². The van der Waals surface area contributed by atoms with E-state index in [1.54, 1.807) is 18.4 Å². The lowest BCUT2D eigenvalue weighted by Crippen LogP contribution is -3.00. The second kappa shape index (κ2) is 28.1. The minimum absolute atomic E-state index is 0. The molecule has 1 aliphatic heterocycles. The summed E-state index contributed by atoms with van der Waals surface area (Å²) in [6, 6.07) is 0. The zero-order chi connectivity index (χ0) is 26.8. The molecule has 1 aromatic rings. The zero-order valence-corrected chi connectivity index (χ0v) is 27.6. The standard InChI is InChI=1S/C19H37NO2.C11H20NO2S.HI/c1-2-3-4-5-6-7-8-9-10-11-12-13-14-15-18-16-17-20-19(21)22-18;1-3-11(13-2)14-8-5-4-6-12-7-9-15-10-12;/h18H,2-17H2,1H3,(H,20,21);7,9-11H,3-6,8H2,1-2H3;1H/q;+1;/p-1. The van der Waals surface area contributed by atoms with E-state index in [-0.39, 0.29) is 42.5 Å². The van der Waals surface area contributed by atoms with E-state index in [1.165, 1.54) is 83.5 Å². The van der Waals surface area contributed by atoms with Gasteiger partial charge in [-0.3, -0.25) is 0 Å². The molecule has 0 saturated carbocycles. The molecule has 8 heteroatoms. The maximum absolute atomic E-state index is 11.1. The number of halogens is 1. The van der Waals surface area contributed by atoms with Gasteiger partial charge in [-0.2, -0.15) is 4.57 Å². The van der Waals surface area contributed by atoms with Gasteiger partial charge in [0.2, 0.25) is 5.51 Å². The first-order valence-electron chi connectivity index (χ1n) is 15.2. The van der Waals surface area contributed by atoms with Crippen molar-refractivity contribution in [2.24, 2.45) is 0 Å². The molecule has 1 fully saturated rings. The number of nitrogens with zero attached hydrogens (tertiary/aromatic N) is 1. The average Bonchev–Trinajstić information content (AvgIpc) is 3.43. The van der Waals surface area contributed by atoms with Gasteiger partial charge < -0.3 is 43.5 Å². The molecule has 38 heavy (non-hydrogen) atoms. The molecule has 224 valence electrons. The van der Waals surface area contributed by atoms with Gasteiger partial charge in [-0.25, -0.2) is 4.79 Å². The van der Waals surface area contributed by atoms with E-state index in [1.807, 2.05) is 0 Å². The largest absolute Gasteiger partial charge is 1.00 e. The number of aromatic nitrogens is 1. The van der Waals surface area contributed by atoms with Gasteiger partial charge in [-0.1, -0.05) is 102 Å². The normalized spacial score (nSPS) is 15.6. The predicted molar refractivity (Wildman–Crippen MR) is 154 cm³/mol. The number of cyclic esters (lactones) is 1. The molecule has 0 bridgehead atoms. The maximum atomic E-state index is 11.1. The fourth-order valence-corrected chi connectivity index (χ4v) is 5.16. The Hall–Kier alpha value is -0.450. The molecule has 0 spiro atoms. The third kappa shape index (κ3) is 22.4. The number of hydrogen-bond acceptors (Lipinski definition) is 5. The summed E-state index contributed by atoms with van der Waals surface area (Å²) in [5, 5.41) is 4.79. The highest BCUT2D eigenvalue weighted by Gasteiger charge is 2.18. The van der Waals surface area contributed by atoms with Crippen molar-refractivity contribution in [1.82, 2.24) is 5.32 Å². The Morgan fingerprint density at radius 3 is 2.13 bits per heavy atom. The Kier molecular flexibility index (Phi) is 27.8. The molecule has 0 radical (unpaired) electrons. The quantitative estimate of drug-likeness (QED) is 0.0801. The van der Waals surface area contributed by atoms with Crippen LogP contribution in [0.4, 0.5) is 4.79 Å². The van der Waals surface area contributed by atoms with Crippen LogP contribution in [0.3, 0.4) is 0 Å². The highest BCUT2D eigenvalue weighted by molar-refractivity contribution is 7.07. The van der Waals surface area contributed by atoms with E-state index >= 15 is 0 Å². The summed E-state index contributed by atoms with van der Waals surface area (Å²) >= 11 is 1.73. The van der Waals surface area contributed by atoms with Gasteiger partial charge >= 0.3 is 6.09 Å². The van der Waals surface area contributed by atoms with Crippen molar-refractivity contribution in [3.63, 3.8) is 0 Å². The van der Waals surface area contributed by atoms with Crippen molar-refractivity contribution >= 4 is 17.4 Å². The van der Waals surface area contributed by atoms with Crippen molar-refractivity contribution in [2.45, 2.75) is 148 Å². The number of alkyl carbamates (subject to hydrolysis) is 1. The molecular weight excluding hydrogens is 611 g/mol. The van der Waals surface area contributed by atoms with Crippen molar-refractivity contribution in [1.29, 1.82) is 0 Å². The lowest BCUT2D eigenvalue weighted by molar-refractivity contribution is -0.692. The van der Waals surface area contributed by atoms with Gasteiger partial charge in [0.05, 0.1) is 5.38 Å². The van der Waals surface area contributed by atoms with Gasteiger partial charge in [0, 0.05) is 33.1 Å². The summed E-state index contributed by atoms with van der Waals surface area (Å²) in [4.78, 5) is 11.1. The number of ether oxygens (including phenoxy) is 3. The highest BCUT2D eigenvalue weighted by atomic mass is 127. The van der Waals surface area contributed by atoms with Gasteiger partial charge in [-0.15, -0.1) is 0 Å². The first kappa shape index (κ1) is 37.6. The average molecular weight is 669 g/mol. The van der Waals surface area contributed by atoms with Crippen LogP contribution in [0.15, 0.2) is 17.1 Å². The van der Waals surface area contributed by atoms with Crippen LogP contribution < -0.4 is 33.9 Å². The summed E-state index contributed by atoms with van der Waals surface area (Å²) in [6.45, 7) is 6.99. The van der Waals surface area contributed by atoms with Gasteiger partial charge in [0.25, 0.3) is 0 Å². The van der Waals surface area contributed by atoms with Crippen LogP contribution in [0.25, 0.3) is 0 Å². The Bertz CT molecular complexity index is 617. The summed E-state index contributed by atoms with van der Waals surface area (Å²) in [6.07, 6.45) is 25.2. The fourth-order valence-electron chi connectivity index (χ4n) is 4.53. The zero-order valence-electron chi connectivity index (χ0n) is 24.6. The van der Waals surface area contributed by atoms with E-state index in [4.69, 9.17) is 14.2 Å². The van der Waals surface area contributed by atoms with E-state index in [0.29, 0.717) is 0 Å². The van der Waals surface area contributed by atoms with Crippen molar-refractivity contribution in [2.75, 3.05) is 20.3 Å². The van der Waals surface area contributed by atoms with Crippen molar-refractivity contribution < 1.29 is 47.5 Å². The summed E-state index contributed by atoms with van der Waals surface area (Å²) in [5.74, 6) is 0. The monoisotopic (exact) mass is 668 g/mol. The van der Waals surface area contributed by atoms with Crippen LogP contribution in [0.1, 0.15) is 129 Å². The van der Waals surface area contributed by atoms with E-state index in [0.717, 1.165) is 51.8 Å². The van der Waals surface area contributed by atoms with Crippen LogP contribution in [0, 0.1) is 0 Å². The first-order chi connectivity index (χ1) is 18.2. The number of amides is 1. The SMILES string of the molecule is CCC(OC)OCCCC[n+]1ccsc1.CCCCCCCCCCCCCCCC1CCNC(=O)O1.[I-]. The number of hydrogen-bond donors (Lipinski definition) is 1. The molecule has 1 aliphatic rings. The second-order valence-electron chi connectivity index (χ2n) is 10.2. The molecule has 0 aromatic carbocycles. The van der Waals surface area contributed by atoms with Crippen molar-refractivity contribution in [3.8, 4) is 0 Å². The molecule has 1 amide bonds. The van der Waals surface area contributed by atoms with Crippen LogP contribution in [-0.2, 0) is 20.8 Å². The molecule has 0 aliphatic carbocycles. The predicted octanol–water partition coefficient (Wildman–Crippen LogP) is 5.19. The summed E-state index contributed by atoms with van der Waals surface area (Å²) < 4.78 is 18.1. The van der Waals surface area contributed by atoms with E-state index in [9.17, 15) is 4.79 Å². The van der Waals surface area contributed by atoms with Crippen LogP contribution in [0.2, 0.25) is 0 Å². The number of carbonyl (C=O) groups excluding carboxylic acids is 1. The topological polar surface area (TPSA) is 60.7 Å². The number of nitrogens with one attached hydrogen (secondary N) is 1. The van der Waals surface area contributed by atoms with E-state index in [2.05, 4.69) is 40.8 Å². The van der Waals surface area contributed by atoms with Gasteiger partial charge in [0.15, 0.2) is 12.5 Å². The molecule has 1 aromatic heterocycles. The number of methoxy groups -OCH3 is 1. The Morgan fingerprint density at radius 1 is 0.974 bits per heavy atom. The van der Waals surface area contributed by atoms with Crippen LogP contribution >= 0.6 is 11.3 Å². The number of rotatable bonds is 22. The smallest absolute Gasteiger partial charge is 0.407 e. The summed E-state index contributed by atoms with van der Waals surface area (Å²) in [7, 11) is 1.69. The molecule has 2 rings (SSSR count). The molecule has 2 atom stereocenters. The summed E-state index contributed by atoms with van der Waals surface area (Å²) in [5.41, 5.74) is 2.13. The molecule has 2 heterocycles. The van der Waals surface area contributed by atoms with Gasteiger partial charge in [-0.05, 0) is 25.7 Å². The van der Waals surface area contributed by atoms with Crippen LogP contribution in [-0.4, -0.2) is 38.7 Å². The van der Waals surface area contributed by atoms with Crippen LogP contribution in [0.5, 0.6) is 0 Å². The molecule has 1 N–H and O–H groups in total. The lowest BCUT2D eigenvalue weighted by atomic mass is 10.0. The highest BCUT2D eigenvalue weighted by Crippen LogP contribution is 2.16. The number of carbonyl (C=O) groups is 1. The minimum atomic E-state index is -0.231.